The topological polar surface area (TPSA) is 152 Å². The van der Waals surface area contributed by atoms with Crippen molar-refractivity contribution in [1.29, 1.82) is 0 Å². The van der Waals surface area contributed by atoms with Crippen LogP contribution in [0.5, 0.6) is 23.4 Å². The maximum Gasteiger partial charge on any atom is 0.392 e. The number of hydrogen-bond donors (Lipinski definition) is 1. The molecular formula is C35H31BrF4N4O8S. The molecule has 1 atom stereocenters. The molecule has 0 spiro atoms. The third-order valence-electron chi connectivity index (χ3n) is 6.93. The van der Waals surface area contributed by atoms with Crippen molar-refractivity contribution in [3.05, 3.63) is 82.6 Å². The molecular weight excluding hydrogens is 792 g/mol. The highest BCUT2D eigenvalue weighted by Crippen LogP contribution is 2.44. The molecule has 12 nitrogen and oxygen atoms in total. The summed E-state index contributed by atoms with van der Waals surface area (Å²) in [4.78, 5) is 42.6. The van der Waals surface area contributed by atoms with Gasteiger partial charge in [-0.3, -0.25) is 0 Å². The fourth-order valence-electron chi connectivity index (χ4n) is 4.66. The number of carbonyl (C=O) groups is 2. The molecule has 0 fully saturated rings. The van der Waals surface area contributed by atoms with E-state index in [1.807, 2.05) is 0 Å². The molecule has 18 heteroatoms. The number of nitrogens with zero attached hydrogens (tertiary/aromatic N) is 4. The van der Waals surface area contributed by atoms with Crippen LogP contribution < -0.4 is 18.9 Å². The van der Waals surface area contributed by atoms with E-state index >= 15 is 0 Å². The van der Waals surface area contributed by atoms with E-state index in [0.717, 1.165) is 0 Å². The lowest BCUT2D eigenvalue weighted by Gasteiger charge is -2.20. The fourth-order valence-corrected chi connectivity index (χ4v) is 6.65. The van der Waals surface area contributed by atoms with Crippen LogP contribution in [-0.4, -0.2) is 68.1 Å². The lowest BCUT2D eigenvalue weighted by Crippen LogP contribution is -2.30. The van der Waals surface area contributed by atoms with Gasteiger partial charge in [0.15, 0.2) is 6.61 Å². The number of hydrogen-bond acceptors (Lipinski definition) is 12. The summed E-state index contributed by atoms with van der Waals surface area (Å²) in [6.07, 6.45) is -4.90. The van der Waals surface area contributed by atoms with Gasteiger partial charge in [0.25, 0.3) is 0 Å². The molecule has 0 aliphatic carbocycles. The molecule has 0 radical (unpaired) electrons. The monoisotopic (exact) mass is 822 g/mol. The van der Waals surface area contributed by atoms with Gasteiger partial charge in [-0.2, -0.15) is 18.2 Å². The van der Waals surface area contributed by atoms with Crippen molar-refractivity contribution in [2.24, 2.45) is 0 Å². The zero-order valence-electron chi connectivity index (χ0n) is 28.3. The van der Waals surface area contributed by atoms with Gasteiger partial charge in [0.2, 0.25) is 12.0 Å². The second kappa shape index (κ2) is 16.7. The van der Waals surface area contributed by atoms with Crippen LogP contribution in [0.15, 0.2) is 65.5 Å². The Bertz CT molecular complexity index is 2080. The van der Waals surface area contributed by atoms with Crippen LogP contribution in [0.1, 0.15) is 38.4 Å². The molecule has 1 N–H and O–H groups in total. The van der Waals surface area contributed by atoms with Crippen LogP contribution >= 0.6 is 27.3 Å². The summed E-state index contributed by atoms with van der Waals surface area (Å²) in [7, 11) is 0. The first kappa shape index (κ1) is 39.1. The van der Waals surface area contributed by atoms with Crippen LogP contribution in [0.25, 0.3) is 20.7 Å². The molecule has 5 rings (SSSR count). The first-order chi connectivity index (χ1) is 25.0. The number of ether oxygens (including phenoxy) is 5. The first-order valence-corrected chi connectivity index (χ1v) is 17.4. The minimum atomic E-state index is -4.41. The van der Waals surface area contributed by atoms with Gasteiger partial charge >= 0.3 is 24.1 Å². The van der Waals surface area contributed by atoms with E-state index in [2.05, 4.69) is 35.9 Å². The van der Waals surface area contributed by atoms with Gasteiger partial charge in [0.05, 0.1) is 26.9 Å². The van der Waals surface area contributed by atoms with E-state index in [4.69, 9.17) is 23.7 Å². The average molecular weight is 824 g/mol. The molecule has 3 heterocycles. The van der Waals surface area contributed by atoms with Crippen molar-refractivity contribution >= 4 is 49.4 Å². The number of halogens is 5. The number of rotatable bonds is 15. The normalized spacial score (nSPS) is 12.3. The van der Waals surface area contributed by atoms with E-state index in [9.17, 15) is 32.3 Å². The number of fused-ring (bicyclic) bond motifs is 1. The van der Waals surface area contributed by atoms with E-state index in [1.165, 1.54) is 60.3 Å². The Hall–Kier alpha value is -5.10. The van der Waals surface area contributed by atoms with Crippen molar-refractivity contribution in [1.82, 2.24) is 19.9 Å². The average Bonchev–Trinajstić information content (AvgIpc) is 3.42. The number of carbonyl (C=O) groups excluding carboxylic acids is 1. The number of alkyl halides is 3. The smallest absolute Gasteiger partial charge is 0.392 e. The second-order valence-electron chi connectivity index (χ2n) is 12.2. The van der Waals surface area contributed by atoms with Gasteiger partial charge in [-0.05, 0) is 78.7 Å². The summed E-state index contributed by atoms with van der Waals surface area (Å²) < 4.78 is 79.8. The van der Waals surface area contributed by atoms with Crippen molar-refractivity contribution < 1.29 is 55.9 Å². The summed E-state index contributed by atoms with van der Waals surface area (Å²) in [6, 6.07) is 11.5. The van der Waals surface area contributed by atoms with Crippen LogP contribution in [0.2, 0.25) is 0 Å². The fraction of sp³-hybridized carbons (Fsp3) is 0.314. The standard InChI is InChI=1S/C35H31BrF4N4O8S/c1-34(2,3)52-26(45)17-49-23-8-9-24(50-16-22-10-12-41-33(44-22)48-13-11-35(38,39)40)20(14-23)15-25(32(46)47)51-30-27-28(36)29(53-31(27)43-18-42-30)19-4-6-21(37)7-5-19/h4-10,12,14,18,25H,11,13,15-17H2,1-3H3,(H,46,47). The van der Waals surface area contributed by atoms with E-state index in [0.29, 0.717) is 25.1 Å². The summed E-state index contributed by atoms with van der Waals surface area (Å²) in [5.74, 6) is -2.03. The molecule has 0 aliphatic heterocycles. The molecule has 280 valence electrons. The number of aliphatic carboxylic acids is 1. The molecule has 2 aromatic carbocycles. The number of thiophene rings is 1. The Balaban J connectivity index is 1.40. The molecule has 5 aromatic rings. The molecule has 0 amide bonds. The van der Waals surface area contributed by atoms with Crippen molar-refractivity contribution in [2.45, 2.75) is 58.1 Å². The highest BCUT2D eigenvalue weighted by atomic mass is 79.9. The summed E-state index contributed by atoms with van der Waals surface area (Å²) >= 11 is 4.83. The molecule has 1 unspecified atom stereocenters. The number of benzene rings is 2. The highest BCUT2D eigenvalue weighted by Gasteiger charge is 2.28. The van der Waals surface area contributed by atoms with Gasteiger partial charge < -0.3 is 28.8 Å². The van der Waals surface area contributed by atoms with Crippen molar-refractivity contribution in [2.75, 3.05) is 13.2 Å². The van der Waals surface area contributed by atoms with Crippen LogP contribution in [0.4, 0.5) is 17.6 Å². The van der Waals surface area contributed by atoms with Crippen molar-refractivity contribution in [3.8, 4) is 33.8 Å². The predicted molar refractivity (Wildman–Crippen MR) is 187 cm³/mol. The third kappa shape index (κ3) is 11.2. The largest absolute Gasteiger partial charge is 0.487 e. The molecule has 53 heavy (non-hydrogen) atoms. The van der Waals surface area contributed by atoms with Gasteiger partial charge in [-0.15, -0.1) is 11.3 Å². The molecule has 0 saturated carbocycles. The highest BCUT2D eigenvalue weighted by molar-refractivity contribution is 9.10. The van der Waals surface area contributed by atoms with Gasteiger partial charge in [0.1, 0.15) is 47.3 Å². The Kier molecular flexibility index (Phi) is 12.3. The molecule has 3 aromatic heterocycles. The third-order valence-corrected chi connectivity index (χ3v) is 9.13. The first-order valence-electron chi connectivity index (χ1n) is 15.7. The zero-order valence-corrected chi connectivity index (χ0v) is 30.7. The summed E-state index contributed by atoms with van der Waals surface area (Å²) in [5, 5.41) is 10.7. The molecule has 0 aliphatic rings. The van der Waals surface area contributed by atoms with Gasteiger partial charge in [-0.1, -0.05) is 12.1 Å². The minimum Gasteiger partial charge on any atom is -0.487 e. The number of carboxylic acid groups (broad SMARTS) is 1. The Labute approximate surface area is 312 Å². The predicted octanol–water partition coefficient (Wildman–Crippen LogP) is 7.76. The second-order valence-corrected chi connectivity index (χ2v) is 14.0. The maximum absolute atomic E-state index is 13.6. The number of esters is 1. The summed E-state index contributed by atoms with van der Waals surface area (Å²) in [6.45, 7) is 3.81. The molecule has 0 saturated heterocycles. The summed E-state index contributed by atoms with van der Waals surface area (Å²) in [5.41, 5.74) is 0.488. The molecule has 0 bridgehead atoms. The van der Waals surface area contributed by atoms with E-state index in [1.54, 1.807) is 32.9 Å². The Morgan fingerprint density at radius 3 is 2.43 bits per heavy atom. The Morgan fingerprint density at radius 1 is 0.981 bits per heavy atom. The quantitative estimate of drug-likeness (QED) is 0.0812. The number of aromatic nitrogens is 4. The van der Waals surface area contributed by atoms with Crippen LogP contribution in [-0.2, 0) is 27.4 Å². The SMILES string of the molecule is CC(C)(C)OC(=O)COc1ccc(OCc2ccnc(OCCC(F)(F)F)n2)c(CC(Oc2ncnc3sc(-c4ccc(F)cc4)c(Br)c23)C(=O)O)c1. The Morgan fingerprint density at radius 2 is 1.74 bits per heavy atom. The van der Waals surface area contributed by atoms with Crippen LogP contribution in [0.3, 0.4) is 0 Å². The maximum atomic E-state index is 13.6. The van der Waals surface area contributed by atoms with Gasteiger partial charge in [0, 0.05) is 18.2 Å². The minimum absolute atomic E-state index is 0.0299. The lowest BCUT2D eigenvalue weighted by molar-refractivity contribution is -0.157. The lowest BCUT2D eigenvalue weighted by atomic mass is 10.1. The van der Waals surface area contributed by atoms with Gasteiger partial charge in [-0.25, -0.2) is 28.9 Å². The van der Waals surface area contributed by atoms with Crippen LogP contribution in [0, 0.1) is 5.82 Å². The zero-order chi connectivity index (χ0) is 38.3. The van der Waals surface area contributed by atoms with E-state index in [-0.39, 0.29) is 47.7 Å². The van der Waals surface area contributed by atoms with E-state index < -0.39 is 55.3 Å². The number of carboxylic acids is 1. The van der Waals surface area contributed by atoms with Crippen molar-refractivity contribution in [3.63, 3.8) is 0 Å².